The molecular formula is C22H22ClN5O3S. The summed E-state index contributed by atoms with van der Waals surface area (Å²) in [6, 6.07) is 12.5. The van der Waals surface area contributed by atoms with E-state index < -0.39 is 11.9 Å². The Labute approximate surface area is 194 Å². The van der Waals surface area contributed by atoms with Crippen LogP contribution >= 0.6 is 23.4 Å². The molecule has 3 aromatic rings. The number of aromatic nitrogens is 3. The van der Waals surface area contributed by atoms with Crippen molar-refractivity contribution in [1.29, 1.82) is 0 Å². The van der Waals surface area contributed by atoms with Gasteiger partial charge in [0.15, 0.2) is 11.5 Å². The molecule has 1 amide bonds. The van der Waals surface area contributed by atoms with Crippen LogP contribution in [0.2, 0.25) is 5.02 Å². The maximum absolute atomic E-state index is 12.4. The van der Waals surface area contributed by atoms with E-state index in [0.29, 0.717) is 44.6 Å². The molecule has 32 heavy (non-hydrogen) atoms. The van der Waals surface area contributed by atoms with Gasteiger partial charge in [0.25, 0.3) is 0 Å². The monoisotopic (exact) mass is 471 g/mol. The Morgan fingerprint density at radius 3 is 2.66 bits per heavy atom. The van der Waals surface area contributed by atoms with E-state index >= 15 is 0 Å². The topological polar surface area (TPSA) is 104 Å². The number of primary amides is 1. The van der Waals surface area contributed by atoms with Gasteiger partial charge in [0.1, 0.15) is 6.04 Å². The van der Waals surface area contributed by atoms with Crippen LogP contribution in [-0.4, -0.2) is 34.9 Å². The number of allylic oxidation sites excluding steroid dienone is 1. The van der Waals surface area contributed by atoms with E-state index in [2.05, 4.69) is 15.4 Å². The molecule has 8 nitrogen and oxygen atoms in total. The molecule has 0 radical (unpaired) electrons. The van der Waals surface area contributed by atoms with Gasteiger partial charge in [0.2, 0.25) is 17.0 Å². The number of rotatable bonds is 7. The molecule has 10 heteroatoms. The van der Waals surface area contributed by atoms with Crippen LogP contribution in [0.15, 0.2) is 58.9 Å². The predicted molar refractivity (Wildman–Crippen MR) is 124 cm³/mol. The van der Waals surface area contributed by atoms with Gasteiger partial charge in [-0.15, -0.1) is 5.10 Å². The van der Waals surface area contributed by atoms with E-state index in [0.717, 1.165) is 11.1 Å². The second kappa shape index (κ2) is 9.13. The number of hydrogen-bond acceptors (Lipinski definition) is 7. The number of fused-ring (bicyclic) bond motifs is 1. The quantitative estimate of drug-likeness (QED) is 0.501. The third kappa shape index (κ3) is 4.13. The number of benzene rings is 2. The lowest BCUT2D eigenvalue weighted by molar-refractivity contribution is -0.115. The zero-order valence-corrected chi connectivity index (χ0v) is 19.3. The van der Waals surface area contributed by atoms with Crippen LogP contribution in [0.5, 0.6) is 11.5 Å². The summed E-state index contributed by atoms with van der Waals surface area (Å²) >= 11 is 7.73. The minimum atomic E-state index is -0.564. The van der Waals surface area contributed by atoms with Crippen LogP contribution in [0.25, 0.3) is 0 Å². The van der Waals surface area contributed by atoms with Crippen molar-refractivity contribution in [3.8, 4) is 11.5 Å². The van der Waals surface area contributed by atoms with Crippen molar-refractivity contribution >= 4 is 35.2 Å². The van der Waals surface area contributed by atoms with E-state index in [-0.39, 0.29) is 0 Å². The van der Waals surface area contributed by atoms with Gasteiger partial charge >= 0.3 is 0 Å². The highest BCUT2D eigenvalue weighted by Gasteiger charge is 2.33. The number of halogens is 1. The SMILES string of the molecule is COc1ccc([C@@H]2C(C(N)=O)=C(C)Nc3nc(SCc4ccccc4Cl)nn32)cc1OC. The van der Waals surface area contributed by atoms with Crippen LogP contribution in [-0.2, 0) is 10.5 Å². The number of anilines is 1. The maximum atomic E-state index is 12.4. The van der Waals surface area contributed by atoms with Crippen LogP contribution < -0.4 is 20.5 Å². The second-order valence-corrected chi connectivity index (χ2v) is 8.44. The van der Waals surface area contributed by atoms with E-state index in [1.807, 2.05) is 36.4 Å². The number of thioether (sulfide) groups is 1. The van der Waals surface area contributed by atoms with Gasteiger partial charge in [-0.1, -0.05) is 47.6 Å². The molecular weight excluding hydrogens is 450 g/mol. The third-order valence-electron chi connectivity index (χ3n) is 5.14. The van der Waals surface area contributed by atoms with Crippen LogP contribution in [0.3, 0.4) is 0 Å². The van der Waals surface area contributed by atoms with E-state index in [9.17, 15) is 4.79 Å². The van der Waals surface area contributed by atoms with Crippen LogP contribution in [0.4, 0.5) is 5.95 Å². The van der Waals surface area contributed by atoms with Gasteiger partial charge in [-0.2, -0.15) is 4.98 Å². The number of nitrogens with two attached hydrogens (primary N) is 1. The molecule has 1 aliphatic heterocycles. The first-order valence-electron chi connectivity index (χ1n) is 9.75. The summed E-state index contributed by atoms with van der Waals surface area (Å²) in [5.74, 6) is 1.72. The number of ether oxygens (including phenoxy) is 2. The molecule has 1 atom stereocenters. The lowest BCUT2D eigenvalue weighted by atomic mass is 9.95. The lowest BCUT2D eigenvalue weighted by Gasteiger charge is -2.28. The van der Waals surface area contributed by atoms with Crippen molar-refractivity contribution in [1.82, 2.24) is 14.8 Å². The summed E-state index contributed by atoms with van der Waals surface area (Å²) in [5.41, 5.74) is 8.54. The summed E-state index contributed by atoms with van der Waals surface area (Å²) in [6.07, 6.45) is 0. The first-order chi connectivity index (χ1) is 15.4. The Hall–Kier alpha value is -3.17. The number of nitrogens with zero attached hydrogens (tertiary/aromatic N) is 3. The van der Waals surface area contributed by atoms with E-state index in [1.165, 1.54) is 11.8 Å². The molecule has 0 unspecified atom stereocenters. The molecule has 0 saturated carbocycles. The van der Waals surface area contributed by atoms with Gasteiger partial charge in [0.05, 0.1) is 19.8 Å². The lowest BCUT2D eigenvalue weighted by Crippen LogP contribution is -2.31. The molecule has 4 rings (SSSR count). The molecule has 0 saturated heterocycles. The molecule has 2 aromatic carbocycles. The number of nitrogens with one attached hydrogen (secondary N) is 1. The van der Waals surface area contributed by atoms with Crippen molar-refractivity contribution in [2.75, 3.05) is 19.5 Å². The summed E-state index contributed by atoms with van der Waals surface area (Å²) in [6.45, 7) is 1.79. The first-order valence-corrected chi connectivity index (χ1v) is 11.1. The number of hydrogen-bond donors (Lipinski definition) is 2. The van der Waals surface area contributed by atoms with Gasteiger partial charge in [0, 0.05) is 16.5 Å². The van der Waals surface area contributed by atoms with Crippen LogP contribution in [0, 0.1) is 0 Å². The van der Waals surface area contributed by atoms with Crippen molar-refractivity contribution < 1.29 is 14.3 Å². The normalized spacial score (nSPS) is 15.2. The van der Waals surface area contributed by atoms with Gasteiger partial charge in [-0.3, -0.25) is 4.79 Å². The smallest absolute Gasteiger partial charge is 0.248 e. The van der Waals surface area contributed by atoms with Crippen molar-refractivity contribution in [2.45, 2.75) is 23.9 Å². The summed E-state index contributed by atoms with van der Waals surface area (Å²) < 4.78 is 12.5. The summed E-state index contributed by atoms with van der Waals surface area (Å²) in [7, 11) is 3.13. The van der Waals surface area contributed by atoms with Crippen molar-refractivity contribution in [3.05, 3.63) is 69.9 Å². The Bertz CT molecular complexity index is 1210. The maximum Gasteiger partial charge on any atom is 0.248 e. The van der Waals surface area contributed by atoms with Gasteiger partial charge < -0.3 is 20.5 Å². The Morgan fingerprint density at radius 2 is 1.97 bits per heavy atom. The first kappa shape index (κ1) is 22.0. The van der Waals surface area contributed by atoms with Gasteiger partial charge in [-0.25, -0.2) is 4.68 Å². The number of amides is 1. The standard InChI is InChI=1S/C22H22ClN5O3S/c1-12-18(20(24)29)19(13-8-9-16(30-2)17(10-13)31-3)28-21(25-12)26-22(27-28)32-11-14-6-4-5-7-15(14)23/h4-10,19H,11H2,1-3H3,(H2,24,29)(H,25,26,27)/t19-/m1/s1. The fraction of sp³-hybridized carbons (Fsp3) is 0.227. The Morgan fingerprint density at radius 1 is 1.22 bits per heavy atom. The molecule has 1 aromatic heterocycles. The summed E-state index contributed by atoms with van der Waals surface area (Å²) in [4.78, 5) is 17.0. The average molecular weight is 472 g/mol. The highest BCUT2D eigenvalue weighted by atomic mass is 35.5. The molecule has 0 fully saturated rings. The Balaban J connectivity index is 1.73. The molecule has 0 bridgehead atoms. The summed E-state index contributed by atoms with van der Waals surface area (Å²) in [5, 5.41) is 9.06. The minimum absolute atomic E-state index is 0.400. The Kier molecular flexibility index (Phi) is 6.29. The molecule has 0 spiro atoms. The second-order valence-electron chi connectivity index (χ2n) is 7.09. The third-order valence-corrected chi connectivity index (χ3v) is 6.39. The number of methoxy groups -OCH3 is 2. The zero-order valence-electron chi connectivity index (χ0n) is 17.8. The van der Waals surface area contributed by atoms with E-state index in [1.54, 1.807) is 31.9 Å². The molecule has 2 heterocycles. The molecule has 3 N–H and O–H groups in total. The number of carbonyl (C=O) groups is 1. The number of carbonyl (C=O) groups excluding carboxylic acids is 1. The predicted octanol–water partition coefficient (Wildman–Crippen LogP) is 4.02. The van der Waals surface area contributed by atoms with Crippen molar-refractivity contribution in [2.24, 2.45) is 5.73 Å². The van der Waals surface area contributed by atoms with Gasteiger partial charge in [-0.05, 0) is 36.2 Å². The average Bonchev–Trinajstić information content (AvgIpc) is 3.19. The molecule has 1 aliphatic rings. The largest absolute Gasteiger partial charge is 0.493 e. The van der Waals surface area contributed by atoms with Crippen LogP contribution in [0.1, 0.15) is 24.1 Å². The van der Waals surface area contributed by atoms with Crippen molar-refractivity contribution in [3.63, 3.8) is 0 Å². The zero-order chi connectivity index (χ0) is 22.8. The molecule has 166 valence electrons. The highest BCUT2D eigenvalue weighted by molar-refractivity contribution is 7.98. The fourth-order valence-electron chi connectivity index (χ4n) is 3.60. The fourth-order valence-corrected chi connectivity index (χ4v) is 4.72. The molecule has 0 aliphatic carbocycles. The highest BCUT2D eigenvalue weighted by Crippen LogP contribution is 2.39. The minimum Gasteiger partial charge on any atom is -0.493 e. The van der Waals surface area contributed by atoms with E-state index in [4.69, 9.17) is 26.8 Å².